The van der Waals surface area contributed by atoms with Gasteiger partial charge in [-0.2, -0.15) is 4.31 Å². The quantitative estimate of drug-likeness (QED) is 0.326. The van der Waals surface area contributed by atoms with Gasteiger partial charge in [0.2, 0.25) is 26.0 Å². The van der Waals surface area contributed by atoms with Gasteiger partial charge in [-0.3, -0.25) is 9.78 Å². The molecule has 0 saturated heterocycles. The molecule has 2 aromatic carbocycles. The number of halogens is 1. The molecule has 0 radical (unpaired) electrons. The molecule has 0 aliphatic carbocycles. The maximum Gasteiger partial charge on any atom is 0.243 e. The number of aryl methyl sites for hydroxylation is 1. The van der Waals surface area contributed by atoms with Gasteiger partial charge < -0.3 is 5.32 Å². The summed E-state index contributed by atoms with van der Waals surface area (Å²) in [5.74, 6) is -0.768. The Labute approximate surface area is 235 Å². The van der Waals surface area contributed by atoms with Gasteiger partial charge >= 0.3 is 0 Å². The first kappa shape index (κ1) is 30.7. The minimum atomic E-state index is -4.01. The van der Waals surface area contributed by atoms with E-state index in [2.05, 4.69) is 10.3 Å². The average molecular weight is 593 g/mol. The number of hydrogen-bond acceptors (Lipinski definition) is 6. The van der Waals surface area contributed by atoms with Gasteiger partial charge in [0.05, 0.1) is 10.6 Å². The molecule has 1 aromatic heterocycles. The van der Waals surface area contributed by atoms with E-state index in [0.717, 1.165) is 22.3 Å². The lowest BCUT2D eigenvalue weighted by atomic mass is 9.98. The van der Waals surface area contributed by atoms with Crippen molar-refractivity contribution in [3.63, 3.8) is 0 Å². The SMILES string of the molecule is Cc1cnccc1-c1cccc([C@H](C)N(CCCC(=O)NCCS(N)(=O)=O)S(=O)(=O)c2cccc(Cl)c2C)c1. The Morgan fingerprint density at radius 2 is 1.82 bits per heavy atom. The summed E-state index contributed by atoms with van der Waals surface area (Å²) in [4.78, 5) is 16.5. The minimum Gasteiger partial charge on any atom is -0.355 e. The number of nitrogens with two attached hydrogens (primary N) is 1. The maximum atomic E-state index is 14.0. The van der Waals surface area contributed by atoms with Crippen LogP contribution in [0.1, 0.15) is 42.5 Å². The molecule has 0 spiro atoms. The van der Waals surface area contributed by atoms with Crippen molar-refractivity contribution in [1.29, 1.82) is 0 Å². The number of benzene rings is 2. The lowest BCUT2D eigenvalue weighted by molar-refractivity contribution is -0.121. The number of pyridine rings is 1. The number of sulfonamides is 2. The fourth-order valence-electron chi connectivity index (χ4n) is 4.26. The normalized spacial score (nSPS) is 12.9. The predicted molar refractivity (Wildman–Crippen MR) is 153 cm³/mol. The second-order valence-corrected chi connectivity index (χ2v) is 13.3. The number of aromatic nitrogens is 1. The summed E-state index contributed by atoms with van der Waals surface area (Å²) in [6.07, 6.45) is 3.71. The van der Waals surface area contributed by atoms with Crippen LogP contribution in [0.5, 0.6) is 0 Å². The van der Waals surface area contributed by atoms with Crippen LogP contribution in [-0.2, 0) is 24.8 Å². The van der Waals surface area contributed by atoms with Gasteiger partial charge in [-0.1, -0.05) is 35.9 Å². The zero-order valence-electron chi connectivity index (χ0n) is 22.1. The third kappa shape index (κ3) is 8.09. The molecule has 39 heavy (non-hydrogen) atoms. The molecule has 3 N–H and O–H groups in total. The van der Waals surface area contributed by atoms with Crippen LogP contribution in [0.25, 0.3) is 11.1 Å². The highest BCUT2D eigenvalue weighted by Gasteiger charge is 2.31. The first-order chi connectivity index (χ1) is 18.3. The van der Waals surface area contributed by atoms with Crippen LogP contribution in [-0.4, -0.2) is 50.9 Å². The summed E-state index contributed by atoms with van der Waals surface area (Å²) in [5, 5.41) is 7.81. The topological polar surface area (TPSA) is 140 Å². The van der Waals surface area contributed by atoms with E-state index < -0.39 is 32.0 Å². The minimum absolute atomic E-state index is 0.00807. The highest BCUT2D eigenvalue weighted by Crippen LogP contribution is 2.33. The van der Waals surface area contributed by atoms with E-state index in [-0.39, 0.29) is 36.6 Å². The smallest absolute Gasteiger partial charge is 0.243 e. The zero-order chi connectivity index (χ0) is 28.8. The van der Waals surface area contributed by atoms with Gasteiger partial charge in [0.25, 0.3) is 0 Å². The largest absolute Gasteiger partial charge is 0.355 e. The molecular weight excluding hydrogens is 560 g/mol. The van der Waals surface area contributed by atoms with Crippen molar-refractivity contribution in [2.45, 2.75) is 44.6 Å². The van der Waals surface area contributed by atoms with E-state index in [1.54, 1.807) is 31.5 Å². The fourth-order valence-corrected chi connectivity index (χ4v) is 6.79. The van der Waals surface area contributed by atoms with Gasteiger partial charge in [-0.05, 0) is 79.3 Å². The molecule has 0 aliphatic heterocycles. The van der Waals surface area contributed by atoms with Crippen LogP contribution in [0.15, 0.2) is 65.8 Å². The Hall–Kier alpha value is -2.83. The Bertz CT molecular complexity index is 1550. The van der Waals surface area contributed by atoms with Gasteiger partial charge in [0, 0.05) is 43.0 Å². The van der Waals surface area contributed by atoms with Crippen LogP contribution >= 0.6 is 11.6 Å². The van der Waals surface area contributed by atoms with Crippen LogP contribution < -0.4 is 10.5 Å². The third-order valence-corrected chi connectivity index (χ3v) is 9.72. The Morgan fingerprint density at radius 3 is 2.51 bits per heavy atom. The maximum absolute atomic E-state index is 14.0. The van der Waals surface area contributed by atoms with E-state index in [1.165, 1.54) is 10.4 Å². The molecule has 0 unspecified atom stereocenters. The van der Waals surface area contributed by atoms with E-state index in [0.29, 0.717) is 10.6 Å². The summed E-state index contributed by atoms with van der Waals surface area (Å²) in [6, 6.07) is 13.8. The molecule has 9 nitrogen and oxygen atoms in total. The van der Waals surface area contributed by atoms with Crippen molar-refractivity contribution in [3.8, 4) is 11.1 Å². The Kier molecular flexibility index (Phi) is 10.2. The highest BCUT2D eigenvalue weighted by atomic mass is 35.5. The second-order valence-electron chi connectivity index (χ2n) is 9.29. The van der Waals surface area contributed by atoms with E-state index in [4.69, 9.17) is 16.7 Å². The number of carbonyl (C=O) groups excluding carboxylic acids is 1. The number of nitrogens with one attached hydrogen (secondary N) is 1. The second kappa shape index (κ2) is 13.0. The van der Waals surface area contributed by atoms with E-state index >= 15 is 0 Å². The summed E-state index contributed by atoms with van der Waals surface area (Å²) < 4.78 is 51.5. The summed E-state index contributed by atoms with van der Waals surface area (Å²) >= 11 is 6.26. The first-order valence-corrected chi connectivity index (χ1v) is 15.9. The van der Waals surface area contributed by atoms with Crippen molar-refractivity contribution in [2.24, 2.45) is 5.14 Å². The summed E-state index contributed by atoms with van der Waals surface area (Å²) in [5.41, 5.74) is 4.15. The van der Waals surface area contributed by atoms with Gasteiger partial charge in [-0.15, -0.1) is 0 Å². The molecule has 3 aromatic rings. The molecule has 210 valence electrons. The lowest BCUT2D eigenvalue weighted by Crippen LogP contribution is -2.36. The molecule has 3 rings (SSSR count). The zero-order valence-corrected chi connectivity index (χ0v) is 24.5. The van der Waals surface area contributed by atoms with Crippen LogP contribution in [0, 0.1) is 13.8 Å². The predicted octanol–water partition coefficient (Wildman–Crippen LogP) is 3.96. The van der Waals surface area contributed by atoms with Gasteiger partial charge in [0.15, 0.2) is 0 Å². The van der Waals surface area contributed by atoms with Crippen molar-refractivity contribution in [1.82, 2.24) is 14.6 Å². The summed E-state index contributed by atoms with van der Waals surface area (Å²) in [6.45, 7) is 5.37. The van der Waals surface area contributed by atoms with E-state index in [9.17, 15) is 21.6 Å². The van der Waals surface area contributed by atoms with Crippen molar-refractivity contribution < 1.29 is 21.6 Å². The van der Waals surface area contributed by atoms with Crippen LogP contribution in [0.4, 0.5) is 0 Å². The van der Waals surface area contributed by atoms with Crippen LogP contribution in [0.3, 0.4) is 0 Å². The average Bonchev–Trinajstić information content (AvgIpc) is 2.87. The van der Waals surface area contributed by atoms with Crippen molar-refractivity contribution in [2.75, 3.05) is 18.8 Å². The van der Waals surface area contributed by atoms with Gasteiger partial charge in [-0.25, -0.2) is 22.0 Å². The van der Waals surface area contributed by atoms with E-state index in [1.807, 2.05) is 44.2 Å². The number of nitrogens with zero attached hydrogens (tertiary/aromatic N) is 2. The first-order valence-electron chi connectivity index (χ1n) is 12.4. The monoisotopic (exact) mass is 592 g/mol. The Morgan fingerprint density at radius 1 is 1.10 bits per heavy atom. The number of rotatable bonds is 12. The molecule has 1 atom stereocenters. The number of primary sulfonamides is 1. The molecule has 0 aliphatic rings. The fraction of sp³-hybridized carbons (Fsp3) is 0.333. The molecule has 0 bridgehead atoms. The van der Waals surface area contributed by atoms with Crippen molar-refractivity contribution >= 4 is 37.6 Å². The molecule has 1 amide bonds. The Balaban J connectivity index is 1.90. The summed E-state index contributed by atoms with van der Waals surface area (Å²) in [7, 11) is -7.71. The molecule has 0 saturated carbocycles. The van der Waals surface area contributed by atoms with Crippen LogP contribution in [0.2, 0.25) is 5.02 Å². The standard InChI is InChI=1S/C27H33ClN4O5S2/c1-19-18-30-13-12-24(19)23-8-4-7-22(17-23)21(3)32(15-6-11-27(33)31-14-16-38(29,34)35)39(36,37)26-10-5-9-25(28)20(26)2/h4-5,7-10,12-13,17-18,21H,6,11,14-16H2,1-3H3,(H,31,33)(H2,29,34,35)/t21-/m0/s1. The number of hydrogen-bond donors (Lipinski definition) is 2. The number of carbonyl (C=O) groups is 1. The lowest BCUT2D eigenvalue weighted by Gasteiger charge is -2.30. The molecule has 0 fully saturated rings. The molecule has 1 heterocycles. The van der Waals surface area contributed by atoms with Gasteiger partial charge in [0.1, 0.15) is 0 Å². The molecular formula is C27H33ClN4O5S2. The number of amides is 1. The third-order valence-electron chi connectivity index (χ3n) is 6.43. The van der Waals surface area contributed by atoms with Crippen molar-refractivity contribution in [3.05, 3.63) is 82.6 Å². The highest BCUT2D eigenvalue weighted by molar-refractivity contribution is 7.89. The molecule has 12 heteroatoms.